The molecule has 2 rings (SSSR count). The van der Waals surface area contributed by atoms with Gasteiger partial charge in [0, 0.05) is 25.4 Å². The lowest BCUT2D eigenvalue weighted by Gasteiger charge is -2.11. The number of anilines is 1. The van der Waals surface area contributed by atoms with Gasteiger partial charge in [0.15, 0.2) is 5.82 Å². The first-order valence-electron chi connectivity index (χ1n) is 6.04. The molecule has 2 heterocycles. The molecule has 0 fully saturated rings. The number of aromatic nitrogens is 4. The zero-order chi connectivity index (χ0) is 13.0. The van der Waals surface area contributed by atoms with E-state index in [1.807, 2.05) is 10.8 Å². The van der Waals surface area contributed by atoms with E-state index in [2.05, 4.69) is 50.0 Å². The second-order valence-corrected chi connectivity index (χ2v) is 4.65. The maximum absolute atomic E-state index is 4.32. The van der Waals surface area contributed by atoms with E-state index in [1.165, 1.54) is 0 Å². The summed E-state index contributed by atoms with van der Waals surface area (Å²) in [6, 6.07) is 0. The highest BCUT2D eigenvalue weighted by molar-refractivity contribution is 9.10. The van der Waals surface area contributed by atoms with Crippen molar-refractivity contribution in [2.24, 2.45) is 0 Å². The Labute approximate surface area is 115 Å². The van der Waals surface area contributed by atoms with Gasteiger partial charge in [-0.05, 0) is 22.4 Å². The highest BCUT2D eigenvalue weighted by Crippen LogP contribution is 2.26. The van der Waals surface area contributed by atoms with Gasteiger partial charge in [0.2, 0.25) is 0 Å². The van der Waals surface area contributed by atoms with Crippen molar-refractivity contribution in [2.45, 2.75) is 26.7 Å². The van der Waals surface area contributed by atoms with Gasteiger partial charge in [0.25, 0.3) is 0 Å². The summed E-state index contributed by atoms with van der Waals surface area (Å²) < 4.78 is 2.84. The molecule has 0 aliphatic carbocycles. The lowest BCUT2D eigenvalue weighted by Crippen LogP contribution is -2.08. The summed E-state index contributed by atoms with van der Waals surface area (Å²) in [6.45, 7) is 5.08. The number of hydrogen-bond acceptors (Lipinski definition) is 4. The van der Waals surface area contributed by atoms with Crippen LogP contribution in [0.3, 0.4) is 0 Å². The number of imidazole rings is 1. The van der Waals surface area contributed by atoms with Crippen LogP contribution in [0.2, 0.25) is 0 Å². The van der Waals surface area contributed by atoms with Crippen LogP contribution in [-0.4, -0.2) is 26.1 Å². The van der Waals surface area contributed by atoms with Crippen LogP contribution in [0.25, 0.3) is 5.82 Å². The minimum absolute atomic E-state index is 0.817. The van der Waals surface area contributed by atoms with Gasteiger partial charge in [-0.25, -0.2) is 15.0 Å². The van der Waals surface area contributed by atoms with Crippen molar-refractivity contribution in [3.8, 4) is 5.82 Å². The Morgan fingerprint density at radius 2 is 2.11 bits per heavy atom. The van der Waals surface area contributed by atoms with Crippen LogP contribution in [0.1, 0.15) is 26.1 Å². The Hall–Kier alpha value is -1.43. The van der Waals surface area contributed by atoms with Crippen molar-refractivity contribution in [3.05, 3.63) is 29.0 Å². The number of aryl methyl sites for hydroxylation is 1. The molecule has 6 heteroatoms. The molecule has 0 amide bonds. The van der Waals surface area contributed by atoms with Crippen LogP contribution in [-0.2, 0) is 6.42 Å². The fourth-order valence-corrected chi connectivity index (χ4v) is 2.22. The van der Waals surface area contributed by atoms with E-state index in [-0.39, 0.29) is 0 Å². The molecular formula is C12H16BrN5. The van der Waals surface area contributed by atoms with Gasteiger partial charge >= 0.3 is 0 Å². The van der Waals surface area contributed by atoms with Gasteiger partial charge in [-0.2, -0.15) is 0 Å². The van der Waals surface area contributed by atoms with Crippen molar-refractivity contribution in [1.82, 2.24) is 19.5 Å². The smallest absolute Gasteiger partial charge is 0.158 e. The van der Waals surface area contributed by atoms with Gasteiger partial charge in [0.05, 0.1) is 0 Å². The van der Waals surface area contributed by atoms with E-state index in [4.69, 9.17) is 0 Å². The van der Waals surface area contributed by atoms with Crippen molar-refractivity contribution in [3.63, 3.8) is 0 Å². The first kappa shape index (κ1) is 13.0. The highest BCUT2D eigenvalue weighted by atomic mass is 79.9. The van der Waals surface area contributed by atoms with Crippen LogP contribution < -0.4 is 5.32 Å². The quantitative estimate of drug-likeness (QED) is 0.922. The largest absolute Gasteiger partial charge is 0.369 e. The summed E-state index contributed by atoms with van der Waals surface area (Å²) in [4.78, 5) is 12.9. The fraction of sp³-hybridized carbons (Fsp3) is 0.417. The molecule has 5 nitrogen and oxygen atoms in total. The molecule has 18 heavy (non-hydrogen) atoms. The summed E-state index contributed by atoms with van der Waals surface area (Å²) in [6.07, 6.45) is 7.18. The van der Waals surface area contributed by atoms with Gasteiger partial charge in [-0.15, -0.1) is 0 Å². The second kappa shape index (κ2) is 5.95. The minimum atomic E-state index is 0.817. The van der Waals surface area contributed by atoms with Crippen molar-refractivity contribution in [2.75, 3.05) is 11.9 Å². The van der Waals surface area contributed by atoms with E-state index in [0.717, 1.165) is 41.3 Å². The molecule has 0 saturated heterocycles. The lowest BCUT2D eigenvalue weighted by molar-refractivity contribution is 0.854. The maximum Gasteiger partial charge on any atom is 0.158 e. The first-order valence-corrected chi connectivity index (χ1v) is 6.84. The predicted molar refractivity (Wildman–Crippen MR) is 75.0 cm³/mol. The maximum atomic E-state index is 4.32. The van der Waals surface area contributed by atoms with Gasteiger partial charge in [0.1, 0.15) is 22.4 Å². The van der Waals surface area contributed by atoms with E-state index in [0.29, 0.717) is 0 Å². The zero-order valence-electron chi connectivity index (χ0n) is 10.5. The summed E-state index contributed by atoms with van der Waals surface area (Å²) in [5.74, 6) is 2.62. The minimum Gasteiger partial charge on any atom is -0.369 e. The molecule has 0 bridgehead atoms. The molecule has 0 aromatic carbocycles. The average Bonchev–Trinajstić information content (AvgIpc) is 2.85. The van der Waals surface area contributed by atoms with Crippen LogP contribution in [0, 0.1) is 0 Å². The summed E-state index contributed by atoms with van der Waals surface area (Å²) in [7, 11) is 0. The molecular weight excluding hydrogens is 294 g/mol. The number of hydrogen-bond donors (Lipinski definition) is 1. The molecule has 1 N–H and O–H groups in total. The van der Waals surface area contributed by atoms with Gasteiger partial charge < -0.3 is 5.32 Å². The highest BCUT2D eigenvalue weighted by Gasteiger charge is 2.12. The molecule has 0 atom stereocenters. The average molecular weight is 310 g/mol. The van der Waals surface area contributed by atoms with Crippen molar-refractivity contribution >= 4 is 21.7 Å². The lowest BCUT2D eigenvalue weighted by atomic mass is 10.4. The predicted octanol–water partition coefficient (Wildman–Crippen LogP) is 2.81. The Bertz CT molecular complexity index is 523. The number of rotatable bonds is 5. The molecule has 0 aliphatic heterocycles. The number of halogens is 1. The topological polar surface area (TPSA) is 55.6 Å². The molecule has 0 aliphatic rings. The van der Waals surface area contributed by atoms with Crippen LogP contribution >= 0.6 is 15.9 Å². The first-order chi connectivity index (χ1) is 8.77. The SMILES string of the molecule is CCCNc1ncnc(-n2ccnc2CC)c1Br. The van der Waals surface area contributed by atoms with E-state index >= 15 is 0 Å². The van der Waals surface area contributed by atoms with Gasteiger partial charge in [-0.1, -0.05) is 13.8 Å². The molecule has 0 saturated carbocycles. The molecule has 2 aromatic rings. The van der Waals surface area contributed by atoms with Crippen molar-refractivity contribution in [1.29, 1.82) is 0 Å². The second-order valence-electron chi connectivity index (χ2n) is 3.85. The van der Waals surface area contributed by atoms with E-state index in [9.17, 15) is 0 Å². The van der Waals surface area contributed by atoms with Crippen LogP contribution in [0.15, 0.2) is 23.2 Å². The summed E-state index contributed by atoms with van der Waals surface area (Å²) in [5.41, 5.74) is 0. The third-order valence-electron chi connectivity index (χ3n) is 2.58. The Balaban J connectivity index is 2.39. The summed E-state index contributed by atoms with van der Waals surface area (Å²) in [5, 5.41) is 3.27. The molecule has 2 aromatic heterocycles. The van der Waals surface area contributed by atoms with Gasteiger partial charge in [-0.3, -0.25) is 4.57 Å². The Kier molecular flexibility index (Phi) is 4.30. The van der Waals surface area contributed by atoms with Crippen molar-refractivity contribution < 1.29 is 0 Å². The Morgan fingerprint density at radius 1 is 1.28 bits per heavy atom. The van der Waals surface area contributed by atoms with Crippen LogP contribution in [0.5, 0.6) is 0 Å². The summed E-state index contributed by atoms with van der Waals surface area (Å²) >= 11 is 3.56. The van der Waals surface area contributed by atoms with E-state index in [1.54, 1.807) is 12.5 Å². The molecule has 96 valence electrons. The fourth-order valence-electron chi connectivity index (χ4n) is 1.68. The normalized spacial score (nSPS) is 10.6. The monoisotopic (exact) mass is 309 g/mol. The third-order valence-corrected chi connectivity index (χ3v) is 3.31. The zero-order valence-corrected chi connectivity index (χ0v) is 12.1. The molecule has 0 spiro atoms. The molecule has 0 radical (unpaired) electrons. The standard InChI is InChI=1S/C12H16BrN5/c1-3-5-15-11-10(13)12(17-8-16-11)18-7-6-14-9(18)4-2/h6-8H,3-5H2,1-2H3,(H,15,16,17). The molecule has 0 unspecified atom stereocenters. The van der Waals surface area contributed by atoms with Crippen LogP contribution in [0.4, 0.5) is 5.82 Å². The third kappa shape index (κ3) is 2.53. The Morgan fingerprint density at radius 3 is 2.83 bits per heavy atom. The van der Waals surface area contributed by atoms with E-state index < -0.39 is 0 Å². The number of nitrogens with one attached hydrogen (secondary N) is 1. The number of nitrogens with zero attached hydrogens (tertiary/aromatic N) is 4.